The Kier molecular flexibility index (Phi) is 10.7. The number of ketones is 1. The molecular formula is C16H26N2O5. The minimum Gasteiger partial charge on any atom is -0.377 e. The van der Waals surface area contributed by atoms with E-state index in [9.17, 15) is 14.4 Å². The second kappa shape index (κ2) is 12.8. The SMILES string of the molecule is O=C1/C=C/CCCC(=O)NCCOCCOCCNC(=O)CC1. The molecule has 0 spiro atoms. The first-order valence-electron chi connectivity index (χ1n) is 8.07. The number of amides is 2. The Bertz CT molecular complexity index is 409. The van der Waals surface area contributed by atoms with Gasteiger partial charge in [0.05, 0.1) is 26.4 Å². The van der Waals surface area contributed by atoms with Crippen LogP contribution in [0.5, 0.6) is 0 Å². The third-order valence-electron chi connectivity index (χ3n) is 3.19. The summed E-state index contributed by atoms with van der Waals surface area (Å²) in [4.78, 5) is 34.6. The second-order valence-electron chi connectivity index (χ2n) is 5.19. The van der Waals surface area contributed by atoms with Gasteiger partial charge < -0.3 is 20.1 Å². The van der Waals surface area contributed by atoms with Crippen molar-refractivity contribution in [3.8, 4) is 0 Å². The van der Waals surface area contributed by atoms with Gasteiger partial charge in [-0.1, -0.05) is 6.08 Å². The molecule has 2 N–H and O–H groups in total. The van der Waals surface area contributed by atoms with E-state index in [0.717, 1.165) is 0 Å². The van der Waals surface area contributed by atoms with Crippen LogP contribution in [0.15, 0.2) is 12.2 Å². The van der Waals surface area contributed by atoms with Gasteiger partial charge in [0, 0.05) is 32.4 Å². The van der Waals surface area contributed by atoms with E-state index in [1.807, 2.05) is 0 Å². The fourth-order valence-electron chi connectivity index (χ4n) is 1.94. The van der Waals surface area contributed by atoms with Crippen molar-refractivity contribution in [3.63, 3.8) is 0 Å². The molecule has 1 heterocycles. The molecule has 2 amide bonds. The highest BCUT2D eigenvalue weighted by Crippen LogP contribution is 1.99. The van der Waals surface area contributed by atoms with Gasteiger partial charge in [0.25, 0.3) is 0 Å². The maximum atomic E-state index is 11.6. The zero-order valence-electron chi connectivity index (χ0n) is 13.5. The lowest BCUT2D eigenvalue weighted by atomic mass is 10.1. The Balaban J connectivity index is 2.34. The molecule has 7 heteroatoms. The molecule has 0 saturated heterocycles. The number of rotatable bonds is 0. The van der Waals surface area contributed by atoms with Gasteiger partial charge in [-0.05, 0) is 18.9 Å². The summed E-state index contributed by atoms with van der Waals surface area (Å²) >= 11 is 0. The van der Waals surface area contributed by atoms with Crippen LogP contribution in [0, 0.1) is 0 Å². The molecule has 0 fully saturated rings. The van der Waals surface area contributed by atoms with Crippen LogP contribution in [0.1, 0.15) is 32.1 Å². The topological polar surface area (TPSA) is 93.7 Å². The second-order valence-corrected chi connectivity index (χ2v) is 5.19. The fraction of sp³-hybridized carbons (Fsp3) is 0.688. The summed E-state index contributed by atoms with van der Waals surface area (Å²) in [6.07, 6.45) is 5.38. The molecule has 0 radical (unpaired) electrons. The maximum absolute atomic E-state index is 11.6. The van der Waals surface area contributed by atoms with E-state index in [0.29, 0.717) is 58.8 Å². The first-order chi connectivity index (χ1) is 11.2. The average molecular weight is 326 g/mol. The predicted molar refractivity (Wildman–Crippen MR) is 84.9 cm³/mol. The third-order valence-corrected chi connectivity index (χ3v) is 3.19. The average Bonchev–Trinajstić information content (AvgIpc) is 2.53. The van der Waals surface area contributed by atoms with Gasteiger partial charge in [0.1, 0.15) is 0 Å². The van der Waals surface area contributed by atoms with E-state index in [2.05, 4.69) is 10.6 Å². The number of carbonyl (C=O) groups is 3. The molecule has 1 rings (SSSR count). The molecule has 0 aromatic heterocycles. The molecule has 1 aliphatic heterocycles. The van der Waals surface area contributed by atoms with Crippen molar-refractivity contribution in [1.29, 1.82) is 0 Å². The maximum Gasteiger partial charge on any atom is 0.220 e. The Morgan fingerprint density at radius 1 is 0.783 bits per heavy atom. The van der Waals surface area contributed by atoms with Crippen LogP contribution >= 0.6 is 0 Å². The van der Waals surface area contributed by atoms with E-state index in [-0.39, 0.29) is 30.4 Å². The molecule has 7 nitrogen and oxygen atoms in total. The minimum absolute atomic E-state index is 0.0179. The fourth-order valence-corrected chi connectivity index (χ4v) is 1.94. The van der Waals surface area contributed by atoms with Crippen LogP contribution < -0.4 is 10.6 Å². The van der Waals surface area contributed by atoms with Crippen molar-refractivity contribution in [2.45, 2.75) is 32.1 Å². The first-order valence-corrected chi connectivity index (χ1v) is 8.07. The van der Waals surface area contributed by atoms with Gasteiger partial charge in [-0.2, -0.15) is 0 Å². The monoisotopic (exact) mass is 326 g/mol. The number of hydrogen-bond acceptors (Lipinski definition) is 5. The minimum atomic E-state index is -0.155. The van der Waals surface area contributed by atoms with E-state index in [1.165, 1.54) is 6.08 Å². The highest BCUT2D eigenvalue weighted by molar-refractivity contribution is 5.92. The third kappa shape index (κ3) is 11.5. The molecule has 1 aliphatic rings. The molecule has 0 saturated carbocycles. The normalized spacial score (nSPS) is 22.7. The Morgan fingerprint density at radius 2 is 1.39 bits per heavy atom. The lowest BCUT2D eigenvalue weighted by Gasteiger charge is -2.08. The highest BCUT2D eigenvalue weighted by Gasteiger charge is 2.05. The molecular weight excluding hydrogens is 300 g/mol. The van der Waals surface area contributed by atoms with Crippen LogP contribution in [-0.2, 0) is 23.9 Å². The molecule has 0 aromatic rings. The van der Waals surface area contributed by atoms with E-state index in [4.69, 9.17) is 9.47 Å². The number of allylic oxidation sites excluding steroid dienone is 2. The summed E-state index contributed by atoms with van der Waals surface area (Å²) in [6, 6.07) is 0. The van der Waals surface area contributed by atoms with E-state index >= 15 is 0 Å². The van der Waals surface area contributed by atoms with Crippen LogP contribution in [0.25, 0.3) is 0 Å². The number of ether oxygens (including phenoxy) is 2. The summed E-state index contributed by atoms with van der Waals surface area (Å²) in [7, 11) is 0. The van der Waals surface area contributed by atoms with Crippen molar-refractivity contribution in [1.82, 2.24) is 10.6 Å². The summed E-state index contributed by atoms with van der Waals surface area (Å²) in [6.45, 7) is 2.62. The largest absolute Gasteiger partial charge is 0.377 e. The number of carbonyl (C=O) groups excluding carboxylic acids is 3. The van der Waals surface area contributed by atoms with Gasteiger partial charge in [-0.25, -0.2) is 0 Å². The highest BCUT2D eigenvalue weighted by atomic mass is 16.5. The summed E-state index contributed by atoms with van der Waals surface area (Å²) < 4.78 is 10.6. The number of hydrogen-bond donors (Lipinski definition) is 2. The van der Waals surface area contributed by atoms with Crippen molar-refractivity contribution < 1.29 is 23.9 Å². The molecule has 0 aromatic carbocycles. The van der Waals surface area contributed by atoms with Crippen LogP contribution in [0.3, 0.4) is 0 Å². The van der Waals surface area contributed by atoms with Crippen molar-refractivity contribution >= 4 is 17.6 Å². The van der Waals surface area contributed by atoms with E-state index in [1.54, 1.807) is 6.08 Å². The molecule has 0 atom stereocenters. The van der Waals surface area contributed by atoms with Crippen LogP contribution in [0.2, 0.25) is 0 Å². The van der Waals surface area contributed by atoms with Gasteiger partial charge >= 0.3 is 0 Å². The first kappa shape index (κ1) is 19.3. The Hall–Kier alpha value is -1.73. The standard InChI is InChI=1S/C16H26N2O5/c19-14-4-2-1-3-5-15(20)17-8-10-22-12-13-23-11-9-18-16(21)7-6-14/h2,4H,1,3,5-13H2,(H,17,20)(H,18,21)/b4-2+. The Labute approximate surface area is 136 Å². The summed E-state index contributed by atoms with van der Waals surface area (Å²) in [5, 5.41) is 5.48. The molecule has 0 bridgehead atoms. The van der Waals surface area contributed by atoms with Crippen LogP contribution in [-0.4, -0.2) is 57.1 Å². The molecule has 23 heavy (non-hydrogen) atoms. The molecule has 130 valence electrons. The lowest BCUT2D eigenvalue weighted by Crippen LogP contribution is -2.28. The molecule has 0 aliphatic carbocycles. The van der Waals surface area contributed by atoms with Crippen LogP contribution in [0.4, 0.5) is 0 Å². The van der Waals surface area contributed by atoms with Crippen molar-refractivity contribution in [2.24, 2.45) is 0 Å². The predicted octanol–water partition coefficient (Wildman–Crippen LogP) is 0.341. The summed E-state index contributed by atoms with van der Waals surface area (Å²) in [5.74, 6) is -0.249. The van der Waals surface area contributed by atoms with E-state index < -0.39 is 0 Å². The van der Waals surface area contributed by atoms with Gasteiger partial charge in [-0.15, -0.1) is 0 Å². The lowest BCUT2D eigenvalue weighted by molar-refractivity contribution is -0.124. The van der Waals surface area contributed by atoms with Gasteiger partial charge in [0.2, 0.25) is 11.8 Å². The molecule has 0 unspecified atom stereocenters. The van der Waals surface area contributed by atoms with Gasteiger partial charge in [0.15, 0.2) is 5.78 Å². The summed E-state index contributed by atoms with van der Waals surface area (Å²) in [5.41, 5.74) is 0. The quantitative estimate of drug-likeness (QED) is 0.669. The zero-order chi connectivity index (χ0) is 16.8. The Morgan fingerprint density at radius 3 is 2.04 bits per heavy atom. The van der Waals surface area contributed by atoms with Gasteiger partial charge in [-0.3, -0.25) is 14.4 Å². The number of nitrogens with one attached hydrogen (secondary N) is 2. The zero-order valence-corrected chi connectivity index (χ0v) is 13.5. The smallest absolute Gasteiger partial charge is 0.220 e. The van der Waals surface area contributed by atoms with Crippen molar-refractivity contribution in [2.75, 3.05) is 39.5 Å². The van der Waals surface area contributed by atoms with Crippen molar-refractivity contribution in [3.05, 3.63) is 12.2 Å².